The summed E-state index contributed by atoms with van der Waals surface area (Å²) in [5.41, 5.74) is 7.47. The zero-order chi connectivity index (χ0) is 24.4. The van der Waals surface area contributed by atoms with Crippen LogP contribution in [0.4, 0.5) is 0 Å². The molecule has 1 aliphatic rings. The minimum Gasteiger partial charge on any atom is -0.393 e. The standard InChI is InChI=1S/C28H26ClN3O3/c29-24-10-9-18(14-23(24)27-30-15-25(31-27)19-5-2-1-3-6-19)13-20-7-4-8-21-16-32(12-11-22(20)21)28(35)26(34)17-33/h1-10,14-15,26,33-34H,11-13,16-17H2,(H,30,31). The van der Waals surface area contributed by atoms with Gasteiger partial charge in [0.25, 0.3) is 5.91 Å². The number of aromatic amines is 1. The van der Waals surface area contributed by atoms with E-state index in [1.165, 1.54) is 11.1 Å². The van der Waals surface area contributed by atoms with Gasteiger partial charge in [0.2, 0.25) is 0 Å². The summed E-state index contributed by atoms with van der Waals surface area (Å²) < 4.78 is 0. The minimum atomic E-state index is -1.36. The number of nitrogens with zero attached hydrogens (tertiary/aromatic N) is 2. The Morgan fingerprint density at radius 1 is 1.11 bits per heavy atom. The Morgan fingerprint density at radius 3 is 2.74 bits per heavy atom. The summed E-state index contributed by atoms with van der Waals surface area (Å²) in [7, 11) is 0. The van der Waals surface area contributed by atoms with Crippen LogP contribution >= 0.6 is 11.6 Å². The first kappa shape index (κ1) is 23.3. The van der Waals surface area contributed by atoms with Crippen LogP contribution in [0.25, 0.3) is 22.6 Å². The summed E-state index contributed by atoms with van der Waals surface area (Å²) in [5, 5.41) is 19.5. The van der Waals surface area contributed by atoms with Gasteiger partial charge in [0.1, 0.15) is 5.82 Å². The molecule has 4 aromatic rings. The fourth-order valence-electron chi connectivity index (χ4n) is 4.64. The molecule has 6 nitrogen and oxygen atoms in total. The van der Waals surface area contributed by atoms with Crippen LogP contribution in [0.2, 0.25) is 5.02 Å². The predicted molar refractivity (Wildman–Crippen MR) is 136 cm³/mol. The second kappa shape index (κ2) is 10.0. The van der Waals surface area contributed by atoms with Crippen LogP contribution in [-0.2, 0) is 24.2 Å². The van der Waals surface area contributed by atoms with Crippen LogP contribution in [0.5, 0.6) is 0 Å². The van der Waals surface area contributed by atoms with E-state index in [2.05, 4.69) is 22.1 Å². The Balaban J connectivity index is 1.39. The van der Waals surface area contributed by atoms with Gasteiger partial charge in [-0.25, -0.2) is 4.98 Å². The van der Waals surface area contributed by atoms with Crippen LogP contribution in [0.1, 0.15) is 22.3 Å². The number of amides is 1. The molecule has 0 radical (unpaired) electrons. The molecule has 178 valence electrons. The van der Waals surface area contributed by atoms with E-state index in [-0.39, 0.29) is 0 Å². The van der Waals surface area contributed by atoms with Crippen molar-refractivity contribution >= 4 is 17.5 Å². The van der Waals surface area contributed by atoms with Crippen molar-refractivity contribution < 1.29 is 15.0 Å². The lowest BCUT2D eigenvalue weighted by Crippen LogP contribution is -2.43. The maximum absolute atomic E-state index is 12.3. The maximum atomic E-state index is 12.3. The van der Waals surface area contributed by atoms with Gasteiger partial charge in [0.05, 0.1) is 23.5 Å². The zero-order valence-electron chi connectivity index (χ0n) is 19.1. The van der Waals surface area contributed by atoms with E-state index in [0.717, 1.165) is 40.2 Å². The molecule has 0 bridgehead atoms. The fraction of sp³-hybridized carbons (Fsp3) is 0.214. The van der Waals surface area contributed by atoms with Gasteiger partial charge in [-0.2, -0.15) is 0 Å². The van der Waals surface area contributed by atoms with E-state index in [1.807, 2.05) is 60.8 Å². The van der Waals surface area contributed by atoms with Crippen molar-refractivity contribution in [3.05, 3.63) is 100 Å². The smallest absolute Gasteiger partial charge is 0.254 e. The number of H-pyrrole nitrogens is 1. The molecule has 0 saturated heterocycles. The maximum Gasteiger partial charge on any atom is 0.254 e. The molecule has 35 heavy (non-hydrogen) atoms. The molecule has 1 aliphatic heterocycles. The topological polar surface area (TPSA) is 89.4 Å². The summed E-state index contributed by atoms with van der Waals surface area (Å²) in [6.45, 7) is 0.379. The molecule has 3 aromatic carbocycles. The normalized spacial score (nSPS) is 14.0. The summed E-state index contributed by atoms with van der Waals surface area (Å²) in [6.07, 6.45) is 1.89. The summed E-state index contributed by atoms with van der Waals surface area (Å²) in [4.78, 5) is 21.9. The van der Waals surface area contributed by atoms with Gasteiger partial charge < -0.3 is 20.1 Å². The van der Waals surface area contributed by atoms with Gasteiger partial charge in [-0.05, 0) is 52.8 Å². The van der Waals surface area contributed by atoms with Crippen molar-refractivity contribution in [2.45, 2.75) is 25.5 Å². The van der Waals surface area contributed by atoms with Crippen LogP contribution in [-0.4, -0.2) is 50.2 Å². The SMILES string of the molecule is O=C(C(O)CO)N1CCc2c(Cc3ccc(Cl)c(-c4ncc(-c5ccccc5)[nH]4)c3)cccc2C1. The van der Waals surface area contributed by atoms with Crippen molar-refractivity contribution in [3.8, 4) is 22.6 Å². The molecule has 0 saturated carbocycles. The van der Waals surface area contributed by atoms with Crippen molar-refractivity contribution in [1.29, 1.82) is 0 Å². The van der Waals surface area contributed by atoms with Crippen molar-refractivity contribution in [3.63, 3.8) is 0 Å². The number of carbonyl (C=O) groups excluding carboxylic acids is 1. The molecule has 2 heterocycles. The number of aliphatic hydroxyl groups is 2. The van der Waals surface area contributed by atoms with Gasteiger partial charge in [-0.1, -0.05) is 66.2 Å². The summed E-state index contributed by atoms with van der Waals surface area (Å²) >= 11 is 6.55. The fourth-order valence-corrected chi connectivity index (χ4v) is 4.84. The van der Waals surface area contributed by atoms with Crippen LogP contribution in [0.3, 0.4) is 0 Å². The van der Waals surface area contributed by atoms with Gasteiger partial charge in [0, 0.05) is 18.7 Å². The molecule has 1 unspecified atom stereocenters. The second-order valence-electron chi connectivity index (χ2n) is 8.77. The third-order valence-electron chi connectivity index (χ3n) is 6.47. The molecule has 0 fully saturated rings. The number of imidazole rings is 1. The van der Waals surface area contributed by atoms with E-state index in [0.29, 0.717) is 24.5 Å². The highest BCUT2D eigenvalue weighted by Crippen LogP contribution is 2.31. The minimum absolute atomic E-state index is 0.430. The molecule has 1 atom stereocenters. The number of rotatable bonds is 6. The Kier molecular flexibility index (Phi) is 6.68. The monoisotopic (exact) mass is 487 g/mol. The molecule has 0 spiro atoms. The number of carbonyl (C=O) groups is 1. The molecule has 1 amide bonds. The lowest BCUT2D eigenvalue weighted by Gasteiger charge is -2.31. The van der Waals surface area contributed by atoms with Gasteiger partial charge in [-0.15, -0.1) is 0 Å². The third-order valence-corrected chi connectivity index (χ3v) is 6.80. The van der Waals surface area contributed by atoms with Gasteiger partial charge in [0.15, 0.2) is 6.10 Å². The number of hydrogen-bond acceptors (Lipinski definition) is 4. The largest absolute Gasteiger partial charge is 0.393 e. The number of fused-ring (bicyclic) bond motifs is 1. The van der Waals surface area contributed by atoms with E-state index in [1.54, 1.807) is 4.90 Å². The van der Waals surface area contributed by atoms with Gasteiger partial charge >= 0.3 is 0 Å². The van der Waals surface area contributed by atoms with E-state index in [4.69, 9.17) is 16.7 Å². The number of aliphatic hydroxyl groups excluding tert-OH is 2. The Bertz CT molecular complexity index is 1350. The van der Waals surface area contributed by atoms with E-state index < -0.39 is 18.6 Å². The van der Waals surface area contributed by atoms with E-state index in [9.17, 15) is 9.90 Å². The number of benzene rings is 3. The number of aromatic nitrogens is 2. The van der Waals surface area contributed by atoms with Gasteiger partial charge in [-0.3, -0.25) is 4.79 Å². The van der Waals surface area contributed by atoms with Crippen LogP contribution in [0.15, 0.2) is 72.9 Å². The molecule has 0 aliphatic carbocycles. The predicted octanol–water partition coefficient (Wildman–Crippen LogP) is 4.23. The molecule has 5 rings (SSSR count). The number of hydrogen-bond donors (Lipinski definition) is 3. The van der Waals surface area contributed by atoms with Crippen LogP contribution < -0.4 is 0 Å². The Morgan fingerprint density at radius 2 is 1.94 bits per heavy atom. The Labute approximate surface area is 208 Å². The second-order valence-corrected chi connectivity index (χ2v) is 9.17. The summed E-state index contributed by atoms with van der Waals surface area (Å²) in [5.74, 6) is 0.293. The highest BCUT2D eigenvalue weighted by atomic mass is 35.5. The highest BCUT2D eigenvalue weighted by molar-refractivity contribution is 6.33. The highest BCUT2D eigenvalue weighted by Gasteiger charge is 2.26. The van der Waals surface area contributed by atoms with Crippen molar-refractivity contribution in [1.82, 2.24) is 14.9 Å². The van der Waals surface area contributed by atoms with E-state index >= 15 is 0 Å². The first-order valence-corrected chi connectivity index (χ1v) is 12.0. The lowest BCUT2D eigenvalue weighted by atomic mass is 9.90. The number of halogens is 1. The van der Waals surface area contributed by atoms with Crippen molar-refractivity contribution in [2.24, 2.45) is 0 Å². The zero-order valence-corrected chi connectivity index (χ0v) is 19.9. The third kappa shape index (κ3) is 4.86. The molecular weight excluding hydrogens is 462 g/mol. The summed E-state index contributed by atoms with van der Waals surface area (Å²) in [6, 6.07) is 22.2. The molecule has 3 N–H and O–H groups in total. The average Bonchev–Trinajstić information content (AvgIpc) is 3.39. The average molecular weight is 488 g/mol. The number of nitrogens with one attached hydrogen (secondary N) is 1. The lowest BCUT2D eigenvalue weighted by molar-refractivity contribution is -0.143. The first-order valence-electron chi connectivity index (χ1n) is 11.6. The molecular formula is C28H26ClN3O3. The quantitative estimate of drug-likeness (QED) is 0.380. The van der Waals surface area contributed by atoms with Crippen LogP contribution in [0, 0.1) is 0 Å². The van der Waals surface area contributed by atoms with Crippen molar-refractivity contribution in [2.75, 3.05) is 13.2 Å². The molecule has 7 heteroatoms. The Hall–Kier alpha value is -3.45. The molecule has 1 aromatic heterocycles. The first-order chi connectivity index (χ1) is 17.0.